The first-order chi connectivity index (χ1) is 10.7. The van der Waals surface area contributed by atoms with Crippen molar-refractivity contribution in [2.24, 2.45) is 0 Å². The lowest BCUT2D eigenvalue weighted by Gasteiger charge is -2.08. The minimum Gasteiger partial charge on any atom is -0.508 e. The van der Waals surface area contributed by atoms with Crippen molar-refractivity contribution in [3.05, 3.63) is 42.9 Å². The van der Waals surface area contributed by atoms with E-state index in [4.69, 9.17) is 4.98 Å². The fraction of sp³-hybridized carbons (Fsp3) is 0.188. The number of aromatic hydroxyl groups is 1. The Labute approximate surface area is 132 Å². The summed E-state index contributed by atoms with van der Waals surface area (Å²) < 4.78 is 2.21. The van der Waals surface area contributed by atoms with Crippen molar-refractivity contribution in [2.75, 3.05) is 0 Å². The number of nitrogens with zero attached hydrogens (tertiary/aromatic N) is 4. The maximum Gasteiger partial charge on any atom is 0.169 e. The van der Waals surface area contributed by atoms with Crippen LogP contribution in [0.15, 0.2) is 48.0 Å². The Morgan fingerprint density at radius 1 is 1.32 bits per heavy atom. The summed E-state index contributed by atoms with van der Waals surface area (Å²) in [5.41, 5.74) is 3.58. The lowest BCUT2D eigenvalue weighted by Crippen LogP contribution is -2.03. The van der Waals surface area contributed by atoms with E-state index in [0.29, 0.717) is 5.25 Å². The molecule has 0 amide bonds. The zero-order chi connectivity index (χ0) is 15.1. The van der Waals surface area contributed by atoms with E-state index in [9.17, 15) is 5.11 Å². The van der Waals surface area contributed by atoms with Crippen molar-refractivity contribution < 1.29 is 5.11 Å². The Bertz CT molecular complexity index is 831. The van der Waals surface area contributed by atoms with E-state index in [1.165, 1.54) is 0 Å². The Kier molecular flexibility index (Phi) is 3.11. The first kappa shape index (κ1) is 13.3. The zero-order valence-electron chi connectivity index (χ0n) is 12.0. The largest absolute Gasteiger partial charge is 0.508 e. The summed E-state index contributed by atoms with van der Waals surface area (Å²) in [7, 11) is 0. The lowest BCUT2D eigenvalue weighted by molar-refractivity contribution is 0.475. The molecule has 0 radical (unpaired) electrons. The molecule has 1 aliphatic heterocycles. The van der Waals surface area contributed by atoms with E-state index in [1.54, 1.807) is 36.4 Å². The summed E-state index contributed by atoms with van der Waals surface area (Å²) in [6.45, 7) is 3.10. The summed E-state index contributed by atoms with van der Waals surface area (Å²) in [5, 5.41) is 11.3. The third-order valence-corrected chi connectivity index (χ3v) is 4.70. The Morgan fingerprint density at radius 3 is 3.00 bits per heavy atom. The number of benzene rings is 1. The minimum atomic E-state index is 0.236. The summed E-state index contributed by atoms with van der Waals surface area (Å²) in [6, 6.07) is 9.07. The van der Waals surface area contributed by atoms with Crippen LogP contribution in [0.2, 0.25) is 0 Å². The maximum absolute atomic E-state index is 9.76. The number of fused-ring (bicyclic) bond motifs is 1. The molecule has 110 valence electrons. The van der Waals surface area contributed by atoms with Gasteiger partial charge in [0.25, 0.3) is 0 Å². The first-order valence-electron chi connectivity index (χ1n) is 7.05. The molecule has 0 fully saturated rings. The number of hydrogen-bond donors (Lipinski definition) is 1. The van der Waals surface area contributed by atoms with E-state index in [0.717, 1.165) is 34.3 Å². The summed E-state index contributed by atoms with van der Waals surface area (Å²) >= 11 is 1.77. The molecule has 0 saturated heterocycles. The number of imidazole rings is 1. The molecule has 1 aromatic carbocycles. The van der Waals surface area contributed by atoms with Crippen molar-refractivity contribution in [3.63, 3.8) is 0 Å². The molecular weight excluding hydrogens is 296 g/mol. The van der Waals surface area contributed by atoms with E-state index in [2.05, 4.69) is 21.5 Å². The summed E-state index contributed by atoms with van der Waals surface area (Å²) in [6.07, 6.45) is 3.28. The number of rotatable bonds is 2. The zero-order valence-corrected chi connectivity index (χ0v) is 12.8. The Hall–Kier alpha value is -2.34. The van der Waals surface area contributed by atoms with Crippen LogP contribution < -0.4 is 0 Å². The van der Waals surface area contributed by atoms with Gasteiger partial charge in [-0.2, -0.15) is 0 Å². The third-order valence-electron chi connectivity index (χ3n) is 3.62. The highest BCUT2D eigenvalue weighted by Crippen LogP contribution is 2.41. The molecule has 1 N–H and O–H groups in total. The van der Waals surface area contributed by atoms with Crippen LogP contribution in [0.1, 0.15) is 6.92 Å². The van der Waals surface area contributed by atoms with Crippen LogP contribution in [0.5, 0.6) is 5.75 Å². The van der Waals surface area contributed by atoms with Crippen LogP contribution in [0, 0.1) is 0 Å². The topological polar surface area (TPSA) is 63.8 Å². The molecule has 3 heterocycles. The molecule has 0 bridgehead atoms. The molecule has 1 atom stereocenters. The van der Waals surface area contributed by atoms with Crippen LogP contribution >= 0.6 is 11.8 Å². The van der Waals surface area contributed by atoms with Gasteiger partial charge in [0.2, 0.25) is 0 Å². The summed E-state index contributed by atoms with van der Waals surface area (Å²) in [4.78, 5) is 13.2. The molecule has 1 aliphatic rings. The molecule has 0 unspecified atom stereocenters. The van der Waals surface area contributed by atoms with Gasteiger partial charge in [-0.3, -0.25) is 0 Å². The number of phenolic OH excluding ortho intramolecular Hbond substituents is 1. The SMILES string of the molecule is C[C@@H]1Cn2c(nc(-c3cccc(O)c3)c2-c2ccncn2)S1. The van der Waals surface area contributed by atoms with Gasteiger partial charge in [-0.1, -0.05) is 30.8 Å². The predicted octanol–water partition coefficient (Wildman–Crippen LogP) is 3.21. The van der Waals surface area contributed by atoms with Crippen LogP contribution in [0.3, 0.4) is 0 Å². The lowest BCUT2D eigenvalue weighted by atomic mass is 10.1. The highest BCUT2D eigenvalue weighted by molar-refractivity contribution is 7.99. The van der Waals surface area contributed by atoms with Crippen molar-refractivity contribution in [1.29, 1.82) is 0 Å². The van der Waals surface area contributed by atoms with E-state index < -0.39 is 0 Å². The number of phenols is 1. The fourth-order valence-corrected chi connectivity index (χ4v) is 3.73. The number of aromatic nitrogens is 4. The van der Waals surface area contributed by atoms with Crippen molar-refractivity contribution in [3.8, 4) is 28.4 Å². The van der Waals surface area contributed by atoms with Gasteiger partial charge in [0, 0.05) is 23.6 Å². The second kappa shape index (κ2) is 5.14. The quantitative estimate of drug-likeness (QED) is 0.787. The number of thioether (sulfide) groups is 1. The fourth-order valence-electron chi connectivity index (χ4n) is 2.71. The molecule has 3 aromatic rings. The molecule has 0 saturated carbocycles. The van der Waals surface area contributed by atoms with E-state index in [-0.39, 0.29) is 5.75 Å². The van der Waals surface area contributed by atoms with Crippen LogP contribution in [0.25, 0.3) is 22.6 Å². The molecule has 0 aliphatic carbocycles. The molecule has 2 aromatic heterocycles. The summed E-state index contributed by atoms with van der Waals surface area (Å²) in [5.74, 6) is 0.236. The van der Waals surface area contributed by atoms with E-state index in [1.807, 2.05) is 18.2 Å². The van der Waals surface area contributed by atoms with Gasteiger partial charge >= 0.3 is 0 Å². The van der Waals surface area contributed by atoms with Gasteiger partial charge in [-0.15, -0.1) is 0 Å². The monoisotopic (exact) mass is 310 g/mol. The van der Waals surface area contributed by atoms with Crippen LogP contribution in [-0.4, -0.2) is 29.9 Å². The van der Waals surface area contributed by atoms with Gasteiger partial charge in [-0.25, -0.2) is 15.0 Å². The molecule has 0 spiro atoms. The van der Waals surface area contributed by atoms with Crippen molar-refractivity contribution in [1.82, 2.24) is 19.5 Å². The normalized spacial score (nSPS) is 16.7. The highest BCUT2D eigenvalue weighted by Gasteiger charge is 2.28. The average Bonchev–Trinajstić information content (AvgIpc) is 3.04. The molecule has 6 heteroatoms. The Morgan fingerprint density at radius 2 is 2.23 bits per heavy atom. The second-order valence-corrected chi connectivity index (χ2v) is 6.68. The maximum atomic E-state index is 9.76. The first-order valence-corrected chi connectivity index (χ1v) is 7.93. The predicted molar refractivity (Wildman–Crippen MR) is 85.7 cm³/mol. The Balaban J connectivity index is 1.95. The van der Waals surface area contributed by atoms with Gasteiger partial charge in [0.1, 0.15) is 12.1 Å². The van der Waals surface area contributed by atoms with Gasteiger partial charge in [-0.05, 0) is 18.2 Å². The molecule has 5 nitrogen and oxygen atoms in total. The average molecular weight is 310 g/mol. The van der Waals surface area contributed by atoms with E-state index >= 15 is 0 Å². The highest BCUT2D eigenvalue weighted by atomic mass is 32.2. The van der Waals surface area contributed by atoms with Crippen LogP contribution in [-0.2, 0) is 6.54 Å². The minimum absolute atomic E-state index is 0.236. The third kappa shape index (κ3) is 2.16. The van der Waals surface area contributed by atoms with Crippen molar-refractivity contribution >= 4 is 11.8 Å². The smallest absolute Gasteiger partial charge is 0.169 e. The van der Waals surface area contributed by atoms with Gasteiger partial charge in [0.15, 0.2) is 5.16 Å². The van der Waals surface area contributed by atoms with Gasteiger partial charge in [0.05, 0.1) is 17.1 Å². The molecule has 22 heavy (non-hydrogen) atoms. The second-order valence-electron chi connectivity index (χ2n) is 5.28. The molecular formula is C16H14N4OS. The van der Waals surface area contributed by atoms with Gasteiger partial charge < -0.3 is 9.67 Å². The van der Waals surface area contributed by atoms with Crippen LogP contribution in [0.4, 0.5) is 0 Å². The molecule has 4 rings (SSSR count). The number of hydrogen-bond acceptors (Lipinski definition) is 5. The van der Waals surface area contributed by atoms with Crippen molar-refractivity contribution in [2.45, 2.75) is 23.9 Å². The standard InChI is InChI=1S/C16H14N4OS/c1-10-8-20-15(13-5-6-17-9-18-13)14(19-16(20)22-10)11-3-2-4-12(21)7-11/h2-7,9-10,21H,8H2,1H3/t10-/m1/s1.